The highest BCUT2D eigenvalue weighted by Gasteiger charge is 2.35. The highest BCUT2D eigenvalue weighted by molar-refractivity contribution is 5.46. The molecule has 0 saturated carbocycles. The number of nitrogens with two attached hydrogens (primary N) is 1. The van der Waals surface area contributed by atoms with E-state index in [9.17, 15) is 5.11 Å². The monoisotopic (exact) mass is 328 g/mol. The molecular formula is C18H24N4O2. The Hall–Kier alpha value is -2.34. The van der Waals surface area contributed by atoms with Gasteiger partial charge in [-0.3, -0.25) is 0 Å². The molecule has 128 valence electrons. The third-order valence-electron chi connectivity index (χ3n) is 4.64. The second kappa shape index (κ2) is 7.49. The molecule has 0 aliphatic carbocycles. The van der Waals surface area contributed by atoms with Gasteiger partial charge >= 0.3 is 0 Å². The van der Waals surface area contributed by atoms with Gasteiger partial charge in [0.1, 0.15) is 23.7 Å². The number of rotatable bonds is 6. The molecule has 0 bridgehead atoms. The van der Waals surface area contributed by atoms with E-state index >= 15 is 0 Å². The Morgan fingerprint density at radius 2 is 2.08 bits per heavy atom. The molecule has 0 spiro atoms. The van der Waals surface area contributed by atoms with E-state index in [0.717, 1.165) is 43.9 Å². The van der Waals surface area contributed by atoms with Crippen molar-refractivity contribution in [2.24, 2.45) is 5.41 Å². The first-order valence-electron chi connectivity index (χ1n) is 8.32. The first kappa shape index (κ1) is 16.5. The highest BCUT2D eigenvalue weighted by Crippen LogP contribution is 2.35. The molecule has 0 radical (unpaired) electrons. The van der Waals surface area contributed by atoms with Crippen LogP contribution in [0.15, 0.2) is 42.7 Å². The van der Waals surface area contributed by atoms with E-state index in [1.54, 1.807) is 6.07 Å². The maximum atomic E-state index is 10.0. The van der Waals surface area contributed by atoms with Crippen LogP contribution in [0.2, 0.25) is 0 Å². The number of hydrogen-bond donors (Lipinski definition) is 2. The molecule has 1 saturated heterocycles. The number of piperidine rings is 1. The zero-order chi connectivity index (χ0) is 16.8. The number of para-hydroxylation sites is 1. The van der Waals surface area contributed by atoms with Crippen LogP contribution in [-0.4, -0.2) is 41.4 Å². The molecule has 2 heterocycles. The van der Waals surface area contributed by atoms with Gasteiger partial charge in [-0.2, -0.15) is 0 Å². The molecule has 1 fully saturated rings. The minimum Gasteiger partial charge on any atom is -0.494 e. The normalized spacial score (nSPS) is 20.8. The molecule has 1 aliphatic rings. The number of aliphatic hydroxyl groups excluding tert-OH is 1. The van der Waals surface area contributed by atoms with E-state index in [2.05, 4.69) is 14.9 Å². The molecule has 1 atom stereocenters. The van der Waals surface area contributed by atoms with Crippen LogP contribution in [0.3, 0.4) is 0 Å². The lowest BCUT2D eigenvalue weighted by Gasteiger charge is -2.42. The van der Waals surface area contributed by atoms with Crippen LogP contribution in [0.25, 0.3) is 0 Å². The smallest absolute Gasteiger partial charge is 0.134 e. The molecule has 24 heavy (non-hydrogen) atoms. The van der Waals surface area contributed by atoms with E-state index in [-0.39, 0.29) is 12.0 Å². The van der Waals surface area contributed by atoms with Crippen LogP contribution in [0.5, 0.6) is 5.75 Å². The minimum absolute atomic E-state index is 0.141. The van der Waals surface area contributed by atoms with E-state index in [1.807, 2.05) is 30.3 Å². The lowest BCUT2D eigenvalue weighted by molar-refractivity contribution is 0.0792. The van der Waals surface area contributed by atoms with Gasteiger partial charge in [-0.15, -0.1) is 0 Å². The molecule has 0 amide bonds. The van der Waals surface area contributed by atoms with Gasteiger partial charge in [0, 0.05) is 24.6 Å². The summed E-state index contributed by atoms with van der Waals surface area (Å²) in [4.78, 5) is 10.4. The van der Waals surface area contributed by atoms with E-state index in [0.29, 0.717) is 12.4 Å². The standard InChI is InChI=1S/C18H24N4O2/c19-16-11-17(21-14-20-16)22-9-4-7-18(12-22,13-23)8-10-24-15-5-2-1-3-6-15/h1-3,5-6,11,14,23H,4,7-10,12-13H2,(H2,19,20,21)/t18-/m0/s1. The fraction of sp³-hybridized carbons (Fsp3) is 0.444. The number of ether oxygens (including phenoxy) is 1. The molecule has 2 aromatic rings. The summed E-state index contributed by atoms with van der Waals surface area (Å²) < 4.78 is 5.82. The summed E-state index contributed by atoms with van der Waals surface area (Å²) in [5.41, 5.74) is 5.59. The molecule has 1 aromatic heterocycles. The van der Waals surface area contributed by atoms with Crippen molar-refractivity contribution in [1.82, 2.24) is 9.97 Å². The number of benzene rings is 1. The average Bonchev–Trinajstić information content (AvgIpc) is 2.63. The van der Waals surface area contributed by atoms with Crippen LogP contribution in [0.1, 0.15) is 19.3 Å². The number of nitrogens with zero attached hydrogens (tertiary/aromatic N) is 3. The Balaban J connectivity index is 1.63. The summed E-state index contributed by atoms with van der Waals surface area (Å²) >= 11 is 0. The third-order valence-corrected chi connectivity index (χ3v) is 4.64. The summed E-state index contributed by atoms with van der Waals surface area (Å²) in [7, 11) is 0. The number of nitrogen functional groups attached to an aromatic ring is 1. The van der Waals surface area contributed by atoms with Crippen LogP contribution in [0.4, 0.5) is 11.6 Å². The van der Waals surface area contributed by atoms with Gasteiger partial charge in [-0.1, -0.05) is 18.2 Å². The number of anilines is 2. The van der Waals surface area contributed by atoms with Gasteiger partial charge in [-0.05, 0) is 31.4 Å². The van der Waals surface area contributed by atoms with E-state index < -0.39 is 0 Å². The zero-order valence-electron chi connectivity index (χ0n) is 13.8. The van der Waals surface area contributed by atoms with Crippen molar-refractivity contribution in [2.75, 3.05) is 36.9 Å². The van der Waals surface area contributed by atoms with Crippen molar-refractivity contribution < 1.29 is 9.84 Å². The number of aliphatic hydroxyl groups is 1. The zero-order valence-corrected chi connectivity index (χ0v) is 13.8. The molecule has 6 heteroatoms. The van der Waals surface area contributed by atoms with Gasteiger partial charge in [0.15, 0.2) is 0 Å². The largest absolute Gasteiger partial charge is 0.494 e. The van der Waals surface area contributed by atoms with E-state index in [4.69, 9.17) is 10.5 Å². The lowest BCUT2D eigenvalue weighted by Crippen LogP contribution is -2.46. The van der Waals surface area contributed by atoms with Crippen molar-refractivity contribution in [3.8, 4) is 5.75 Å². The maximum absolute atomic E-state index is 10.0. The highest BCUT2D eigenvalue weighted by atomic mass is 16.5. The minimum atomic E-state index is -0.174. The van der Waals surface area contributed by atoms with E-state index in [1.165, 1.54) is 6.33 Å². The molecule has 3 N–H and O–H groups in total. The van der Waals surface area contributed by atoms with Gasteiger partial charge in [0.2, 0.25) is 0 Å². The third kappa shape index (κ3) is 3.94. The topological polar surface area (TPSA) is 84.5 Å². The summed E-state index contributed by atoms with van der Waals surface area (Å²) in [5.74, 6) is 2.15. The number of aromatic nitrogens is 2. The Kier molecular flexibility index (Phi) is 5.15. The van der Waals surface area contributed by atoms with Crippen molar-refractivity contribution in [2.45, 2.75) is 19.3 Å². The van der Waals surface area contributed by atoms with Crippen molar-refractivity contribution >= 4 is 11.6 Å². The van der Waals surface area contributed by atoms with Crippen molar-refractivity contribution in [1.29, 1.82) is 0 Å². The van der Waals surface area contributed by atoms with Crippen molar-refractivity contribution in [3.05, 3.63) is 42.7 Å². The van der Waals surface area contributed by atoms with Crippen LogP contribution < -0.4 is 15.4 Å². The molecule has 1 aliphatic heterocycles. The van der Waals surface area contributed by atoms with Gasteiger partial charge in [0.05, 0.1) is 13.2 Å². The Labute approximate surface area is 142 Å². The Morgan fingerprint density at radius 1 is 1.25 bits per heavy atom. The second-order valence-corrected chi connectivity index (χ2v) is 6.40. The summed E-state index contributed by atoms with van der Waals surface area (Å²) in [6.07, 6.45) is 4.28. The quantitative estimate of drug-likeness (QED) is 0.845. The maximum Gasteiger partial charge on any atom is 0.134 e. The van der Waals surface area contributed by atoms with Crippen LogP contribution >= 0.6 is 0 Å². The van der Waals surface area contributed by atoms with Gasteiger partial charge in [-0.25, -0.2) is 9.97 Å². The molecule has 1 aromatic carbocycles. The predicted molar refractivity (Wildman–Crippen MR) is 94.0 cm³/mol. The van der Waals surface area contributed by atoms with Gasteiger partial charge < -0.3 is 20.5 Å². The summed E-state index contributed by atoms with van der Waals surface area (Å²) in [6, 6.07) is 11.6. The van der Waals surface area contributed by atoms with Crippen molar-refractivity contribution in [3.63, 3.8) is 0 Å². The second-order valence-electron chi connectivity index (χ2n) is 6.40. The van der Waals surface area contributed by atoms with Crippen LogP contribution in [0, 0.1) is 5.41 Å². The average molecular weight is 328 g/mol. The first-order valence-corrected chi connectivity index (χ1v) is 8.32. The lowest BCUT2D eigenvalue weighted by atomic mass is 9.78. The first-order chi connectivity index (χ1) is 11.7. The number of hydrogen-bond acceptors (Lipinski definition) is 6. The molecule has 3 rings (SSSR count). The fourth-order valence-corrected chi connectivity index (χ4v) is 3.25. The SMILES string of the molecule is Nc1cc(N2CCC[C@](CO)(CCOc3ccccc3)C2)ncn1. The molecule has 0 unspecified atom stereocenters. The van der Waals surface area contributed by atoms with Crippen LogP contribution in [-0.2, 0) is 0 Å². The predicted octanol–water partition coefficient (Wildman–Crippen LogP) is 2.11. The molecular weight excluding hydrogens is 304 g/mol. The Morgan fingerprint density at radius 3 is 2.83 bits per heavy atom. The summed E-state index contributed by atoms with van der Waals surface area (Å²) in [5, 5.41) is 10.0. The summed E-state index contributed by atoms with van der Waals surface area (Å²) in [6.45, 7) is 2.39. The fourth-order valence-electron chi connectivity index (χ4n) is 3.25. The van der Waals surface area contributed by atoms with Gasteiger partial charge in [0.25, 0.3) is 0 Å². The Bertz CT molecular complexity index is 652. The molecule has 6 nitrogen and oxygen atoms in total.